The molecule has 3 aliphatic rings. The molecule has 69 heavy (non-hydrogen) atoms. The molecule has 25 nitrogen and oxygen atoms in total. The summed E-state index contributed by atoms with van der Waals surface area (Å²) in [7, 11) is -5.83. The van der Waals surface area contributed by atoms with Crippen LogP contribution < -0.4 is 10.6 Å². The van der Waals surface area contributed by atoms with Crippen LogP contribution in [0.4, 0.5) is 0 Å². The number of carbonyl (C=O) groups is 1. The molecule has 0 aromatic carbocycles. The lowest BCUT2D eigenvalue weighted by Crippen LogP contribution is -2.57. The second-order valence-corrected chi connectivity index (χ2v) is 22.1. The van der Waals surface area contributed by atoms with Crippen molar-refractivity contribution in [3.63, 3.8) is 0 Å². The largest absolute Gasteiger partial charge is 0.432 e. The summed E-state index contributed by atoms with van der Waals surface area (Å²) in [5.41, 5.74) is 1.60. The summed E-state index contributed by atoms with van der Waals surface area (Å²) < 4.78 is 108. The van der Waals surface area contributed by atoms with Crippen molar-refractivity contribution in [2.45, 2.75) is 84.3 Å². The van der Waals surface area contributed by atoms with E-state index in [-0.39, 0.29) is 29.1 Å². The molecule has 0 bridgehead atoms. The van der Waals surface area contributed by atoms with E-state index < -0.39 is 49.9 Å². The van der Waals surface area contributed by atoms with E-state index in [4.69, 9.17) is 47.4 Å². The second-order valence-electron chi connectivity index (χ2n) is 17.5. The number of ether oxygens (including phenoxy) is 10. The summed E-state index contributed by atoms with van der Waals surface area (Å²) in [6.45, 7) is 18.2. The first-order valence-corrected chi connectivity index (χ1v) is 27.5. The third-order valence-corrected chi connectivity index (χ3v) is 14.0. The zero-order valence-electron chi connectivity index (χ0n) is 40.8. The Bertz CT molecular complexity index is 1950. The average Bonchev–Trinajstić information content (AvgIpc) is 3.95. The van der Waals surface area contributed by atoms with Gasteiger partial charge in [-0.15, -0.1) is 10.2 Å². The number of esters is 1. The van der Waals surface area contributed by atoms with Crippen molar-refractivity contribution in [3.8, 4) is 0 Å². The molecular formula is C42H76N10O15S2. The molecule has 0 radical (unpaired) electrons. The van der Waals surface area contributed by atoms with E-state index in [1.807, 2.05) is 26.2 Å². The van der Waals surface area contributed by atoms with Gasteiger partial charge >= 0.3 is 5.97 Å². The second kappa shape index (κ2) is 30.2. The molecular weight excluding hydrogens is 949 g/mol. The molecule has 2 aromatic heterocycles. The zero-order valence-corrected chi connectivity index (χ0v) is 42.4. The van der Waals surface area contributed by atoms with E-state index in [1.165, 1.54) is 0 Å². The number of nitrogens with zero attached hydrogens (tertiary/aromatic N) is 8. The minimum Gasteiger partial charge on any atom is -0.432 e. The monoisotopic (exact) mass is 1020 g/mol. The molecule has 27 heteroatoms. The molecule has 5 heterocycles. The lowest BCUT2D eigenvalue weighted by molar-refractivity contribution is -0.303. The predicted octanol–water partition coefficient (Wildman–Crippen LogP) is -1.88. The van der Waals surface area contributed by atoms with Crippen molar-refractivity contribution in [3.05, 3.63) is 23.8 Å². The molecule has 0 amide bonds. The highest BCUT2D eigenvalue weighted by Gasteiger charge is 2.45. The van der Waals surface area contributed by atoms with E-state index in [2.05, 4.69) is 41.1 Å². The lowest BCUT2D eigenvalue weighted by Gasteiger charge is -2.40. The predicted molar refractivity (Wildman–Crippen MR) is 248 cm³/mol. The van der Waals surface area contributed by atoms with E-state index in [0.29, 0.717) is 158 Å². The van der Waals surface area contributed by atoms with Crippen LogP contribution >= 0.6 is 0 Å². The Morgan fingerprint density at radius 2 is 1.10 bits per heavy atom. The third-order valence-electron chi connectivity index (χ3n) is 10.8. The fourth-order valence-electron chi connectivity index (χ4n) is 7.26. The summed E-state index contributed by atoms with van der Waals surface area (Å²) in [6.07, 6.45) is 1.12. The van der Waals surface area contributed by atoms with E-state index >= 15 is 0 Å². The number of aromatic nitrogens is 6. The Morgan fingerprint density at radius 1 is 0.667 bits per heavy atom. The quantitative estimate of drug-likeness (QED) is 0.0430. The SMILES string of the molecule is CC(C)OC(CNCCOCCOCCOCCn1cc(CN2CCS(=O)(=O)CC2)nn1)OC1C(=O)OC(C)(C)OC1CNCCOCCOCCOCCn1cc(CN2CCS(=O)(=O)CC2)nn1. The van der Waals surface area contributed by atoms with Crippen LogP contribution in [0.15, 0.2) is 12.4 Å². The van der Waals surface area contributed by atoms with Gasteiger partial charge in [-0.1, -0.05) is 10.4 Å². The molecule has 3 unspecified atom stereocenters. The Hall–Kier alpha value is -2.87. The summed E-state index contributed by atoms with van der Waals surface area (Å²) in [4.78, 5) is 17.3. The minimum absolute atomic E-state index is 0.170. The third kappa shape index (κ3) is 23.5. The van der Waals surface area contributed by atoms with Crippen molar-refractivity contribution in [2.75, 3.05) is 155 Å². The van der Waals surface area contributed by atoms with E-state index in [0.717, 1.165) is 11.4 Å². The molecule has 0 saturated carbocycles. The minimum atomic E-state index is -2.91. The Kier molecular flexibility index (Phi) is 25.0. The van der Waals surface area contributed by atoms with Gasteiger partial charge in [0.05, 0.1) is 133 Å². The molecule has 3 aliphatic heterocycles. The average molecular weight is 1030 g/mol. The highest BCUT2D eigenvalue weighted by atomic mass is 32.2. The van der Waals surface area contributed by atoms with Gasteiger partial charge in [0.15, 0.2) is 32.1 Å². The van der Waals surface area contributed by atoms with Gasteiger partial charge in [0.2, 0.25) is 5.79 Å². The molecule has 396 valence electrons. The number of sulfone groups is 2. The highest BCUT2D eigenvalue weighted by molar-refractivity contribution is 7.91. The van der Waals surface area contributed by atoms with Gasteiger partial charge in [0.1, 0.15) is 6.10 Å². The van der Waals surface area contributed by atoms with Crippen molar-refractivity contribution in [1.82, 2.24) is 50.4 Å². The van der Waals surface area contributed by atoms with Gasteiger partial charge in [-0.2, -0.15) is 0 Å². The van der Waals surface area contributed by atoms with Gasteiger partial charge in [-0.3, -0.25) is 9.80 Å². The van der Waals surface area contributed by atoms with Crippen LogP contribution in [-0.2, 0) is 98.0 Å². The van der Waals surface area contributed by atoms with Crippen molar-refractivity contribution in [2.24, 2.45) is 0 Å². The number of cyclic esters (lactones) is 1. The van der Waals surface area contributed by atoms with Gasteiger partial charge in [-0.05, 0) is 13.8 Å². The zero-order chi connectivity index (χ0) is 49.4. The van der Waals surface area contributed by atoms with E-state index in [1.54, 1.807) is 23.2 Å². The first kappa shape index (κ1) is 57.0. The first-order valence-electron chi connectivity index (χ1n) is 23.9. The molecule has 0 aliphatic carbocycles. The summed E-state index contributed by atoms with van der Waals surface area (Å²) in [5, 5.41) is 23.2. The maximum atomic E-state index is 13.1. The van der Waals surface area contributed by atoms with Crippen LogP contribution in [0.3, 0.4) is 0 Å². The molecule has 2 N–H and O–H groups in total. The van der Waals surface area contributed by atoms with Gasteiger partial charge < -0.3 is 58.0 Å². The normalized spacial score (nSPS) is 21.2. The van der Waals surface area contributed by atoms with Crippen LogP contribution in [0.5, 0.6) is 0 Å². The summed E-state index contributed by atoms with van der Waals surface area (Å²) in [5.74, 6) is -0.929. The Morgan fingerprint density at radius 3 is 1.57 bits per heavy atom. The summed E-state index contributed by atoms with van der Waals surface area (Å²) >= 11 is 0. The molecule has 3 atom stereocenters. The van der Waals surface area contributed by atoms with Crippen molar-refractivity contribution in [1.29, 1.82) is 0 Å². The Labute approximate surface area is 406 Å². The Balaban J connectivity index is 0.838. The van der Waals surface area contributed by atoms with Crippen LogP contribution in [0, 0.1) is 0 Å². The van der Waals surface area contributed by atoms with Gasteiger partial charge in [0.25, 0.3) is 0 Å². The summed E-state index contributed by atoms with van der Waals surface area (Å²) in [6, 6.07) is 0. The molecule has 3 saturated heterocycles. The fraction of sp³-hybridized carbons (Fsp3) is 0.881. The van der Waals surface area contributed by atoms with Crippen LogP contribution in [0.25, 0.3) is 0 Å². The van der Waals surface area contributed by atoms with Crippen LogP contribution in [-0.4, -0.2) is 248 Å². The topological polar surface area (TPSA) is 270 Å². The number of nitrogens with one attached hydrogen (secondary N) is 2. The van der Waals surface area contributed by atoms with Crippen LogP contribution in [0.1, 0.15) is 39.1 Å². The van der Waals surface area contributed by atoms with Gasteiger partial charge in [-0.25, -0.2) is 31.0 Å². The molecule has 5 rings (SSSR count). The van der Waals surface area contributed by atoms with Crippen LogP contribution in [0.2, 0.25) is 0 Å². The standard InChI is InChI=1S/C42H76N10O15S2/c1-35(2)64-39(30-44-6-14-59-18-22-63-24-20-61-16-8-52-34-37(46-48-52)32-50-11-27-69(56,57)28-12-50)65-40-38(66-42(3,4)67-41(40)53)29-43-5-13-58-17-21-62-23-19-60-15-7-51-33-36(45-47-51)31-49-9-25-68(54,55)26-10-49/h33-35,38-40,43-44H,5-32H2,1-4H3. The molecule has 3 fully saturated rings. The van der Waals surface area contributed by atoms with Gasteiger partial charge in [0, 0.05) is 91.7 Å². The number of hydrogen-bond donors (Lipinski definition) is 2. The van der Waals surface area contributed by atoms with Crippen molar-refractivity contribution >= 4 is 25.6 Å². The number of hydrogen-bond acceptors (Lipinski definition) is 23. The lowest BCUT2D eigenvalue weighted by atomic mass is 10.1. The highest BCUT2D eigenvalue weighted by Crippen LogP contribution is 2.26. The first-order chi connectivity index (χ1) is 33.1. The molecule has 0 spiro atoms. The number of carbonyl (C=O) groups excluding carboxylic acids is 1. The molecule has 2 aromatic rings. The maximum Gasteiger partial charge on any atom is 0.340 e. The fourth-order valence-corrected chi connectivity index (χ4v) is 9.81. The van der Waals surface area contributed by atoms with E-state index in [9.17, 15) is 21.6 Å². The van der Waals surface area contributed by atoms with Crippen molar-refractivity contribution < 1.29 is 69.0 Å². The number of rotatable bonds is 36. The maximum absolute atomic E-state index is 13.1. The smallest absolute Gasteiger partial charge is 0.340 e.